The fraction of sp³-hybridized carbons (Fsp3) is 0.611. The van der Waals surface area contributed by atoms with Crippen molar-refractivity contribution in [1.82, 2.24) is 10.6 Å². The lowest BCUT2D eigenvalue weighted by molar-refractivity contribution is -0.127. The Bertz CT molecular complexity index is 463. The molecule has 0 radical (unpaired) electrons. The van der Waals surface area contributed by atoms with Crippen LogP contribution in [0.4, 0.5) is 0 Å². The van der Waals surface area contributed by atoms with Crippen LogP contribution in [-0.2, 0) is 10.2 Å². The normalized spacial score (nSPS) is 14.3. The molecule has 0 aromatic heterocycles. The maximum Gasteiger partial charge on any atom is 0.260 e. The zero-order valence-corrected chi connectivity index (χ0v) is 14.7. The summed E-state index contributed by atoms with van der Waals surface area (Å²) in [4.78, 5) is 12.0. The van der Waals surface area contributed by atoms with Gasteiger partial charge in [-0.15, -0.1) is 0 Å². The number of rotatable bonds is 7. The van der Waals surface area contributed by atoms with Gasteiger partial charge in [-0.3, -0.25) is 4.79 Å². The quantitative estimate of drug-likeness (QED) is 0.814. The summed E-state index contributed by atoms with van der Waals surface area (Å²) in [6, 6.07) is 8.20. The second-order valence-corrected chi connectivity index (χ2v) is 6.74. The van der Waals surface area contributed by atoms with E-state index in [2.05, 4.69) is 31.4 Å². The molecule has 0 aliphatic heterocycles. The number of ether oxygens (including phenoxy) is 1. The largest absolute Gasteiger partial charge is 0.481 e. The number of hydrogen-bond acceptors (Lipinski definition) is 3. The Morgan fingerprint density at radius 2 is 1.77 bits per heavy atom. The molecule has 0 spiro atoms. The summed E-state index contributed by atoms with van der Waals surface area (Å²) >= 11 is 0. The van der Waals surface area contributed by atoms with Gasteiger partial charge in [-0.05, 0) is 43.5 Å². The van der Waals surface area contributed by atoms with E-state index < -0.39 is 6.10 Å². The van der Waals surface area contributed by atoms with Crippen LogP contribution in [0.2, 0.25) is 0 Å². The third-order valence-electron chi connectivity index (χ3n) is 3.54. The third-order valence-corrected chi connectivity index (χ3v) is 3.54. The van der Waals surface area contributed by atoms with Crippen molar-refractivity contribution in [1.29, 1.82) is 0 Å². The van der Waals surface area contributed by atoms with E-state index in [1.165, 1.54) is 5.56 Å². The van der Waals surface area contributed by atoms with Crippen LogP contribution in [0.15, 0.2) is 24.3 Å². The second-order valence-electron chi connectivity index (χ2n) is 6.74. The van der Waals surface area contributed by atoms with E-state index in [0.717, 1.165) is 12.3 Å². The molecule has 22 heavy (non-hydrogen) atoms. The Morgan fingerprint density at radius 1 is 1.18 bits per heavy atom. The molecule has 1 unspecified atom stereocenters. The first-order valence-corrected chi connectivity index (χ1v) is 8.02. The topological polar surface area (TPSA) is 50.4 Å². The van der Waals surface area contributed by atoms with Crippen LogP contribution in [0.3, 0.4) is 0 Å². The van der Waals surface area contributed by atoms with Crippen LogP contribution in [-0.4, -0.2) is 31.1 Å². The highest BCUT2D eigenvalue weighted by molar-refractivity contribution is 5.80. The number of hydrogen-bond donors (Lipinski definition) is 2. The minimum absolute atomic E-state index is 0.0929. The maximum absolute atomic E-state index is 12.0. The standard InChI is InChI=1S/C18H30N2O2/c1-7-19-13(2)12-20-17(21)14(3)22-16-10-8-15(9-11-16)18(4,5)6/h8-11,13-14,19H,7,12H2,1-6H3,(H,20,21)/t13-,14?/m1/s1. The number of benzene rings is 1. The van der Waals surface area contributed by atoms with E-state index in [0.29, 0.717) is 6.54 Å². The van der Waals surface area contributed by atoms with Crippen molar-refractivity contribution in [2.45, 2.75) is 59.1 Å². The molecule has 1 aromatic carbocycles. The zero-order chi connectivity index (χ0) is 16.8. The minimum Gasteiger partial charge on any atom is -0.481 e. The molecule has 1 rings (SSSR count). The molecule has 0 aliphatic rings. The van der Waals surface area contributed by atoms with Crippen molar-refractivity contribution in [2.24, 2.45) is 0 Å². The summed E-state index contributed by atoms with van der Waals surface area (Å²) in [6.45, 7) is 13.9. The Labute approximate surface area is 134 Å². The average molecular weight is 306 g/mol. The van der Waals surface area contributed by atoms with Crippen molar-refractivity contribution in [3.63, 3.8) is 0 Å². The average Bonchev–Trinajstić information content (AvgIpc) is 2.44. The fourth-order valence-corrected chi connectivity index (χ4v) is 2.11. The molecule has 2 N–H and O–H groups in total. The van der Waals surface area contributed by atoms with Crippen LogP contribution < -0.4 is 15.4 Å². The van der Waals surface area contributed by atoms with E-state index in [1.807, 2.05) is 38.1 Å². The highest BCUT2D eigenvalue weighted by Crippen LogP contribution is 2.24. The number of likely N-dealkylation sites (N-methyl/N-ethyl adjacent to an activating group) is 1. The predicted molar refractivity (Wildman–Crippen MR) is 91.4 cm³/mol. The van der Waals surface area contributed by atoms with Crippen LogP contribution >= 0.6 is 0 Å². The Kier molecular flexibility index (Phi) is 6.88. The van der Waals surface area contributed by atoms with Crippen LogP contribution in [0.5, 0.6) is 5.75 Å². The summed E-state index contributed by atoms with van der Waals surface area (Å²) in [6.07, 6.45) is -0.505. The number of carbonyl (C=O) groups excluding carboxylic acids is 1. The number of carbonyl (C=O) groups is 1. The minimum atomic E-state index is -0.505. The van der Waals surface area contributed by atoms with Gasteiger partial charge in [-0.25, -0.2) is 0 Å². The highest BCUT2D eigenvalue weighted by atomic mass is 16.5. The van der Waals surface area contributed by atoms with Crippen LogP contribution in [0.25, 0.3) is 0 Å². The van der Waals surface area contributed by atoms with E-state index >= 15 is 0 Å². The molecule has 0 heterocycles. The van der Waals surface area contributed by atoms with Gasteiger partial charge in [0.05, 0.1) is 0 Å². The molecular formula is C18H30N2O2. The SMILES string of the molecule is CCN[C@H](C)CNC(=O)C(C)Oc1ccc(C(C)(C)C)cc1. The third kappa shape index (κ3) is 6.06. The molecule has 4 nitrogen and oxygen atoms in total. The van der Waals surface area contributed by atoms with Gasteiger partial charge in [0, 0.05) is 12.6 Å². The lowest BCUT2D eigenvalue weighted by Crippen LogP contribution is -2.43. The maximum atomic E-state index is 12.0. The summed E-state index contributed by atoms with van der Waals surface area (Å²) in [5, 5.41) is 6.15. The summed E-state index contributed by atoms with van der Waals surface area (Å²) in [5.41, 5.74) is 1.36. The first kappa shape index (κ1) is 18.5. The summed E-state index contributed by atoms with van der Waals surface area (Å²) < 4.78 is 5.70. The lowest BCUT2D eigenvalue weighted by atomic mass is 9.87. The van der Waals surface area contributed by atoms with E-state index in [9.17, 15) is 4.79 Å². The Balaban J connectivity index is 2.50. The van der Waals surface area contributed by atoms with Gasteiger partial charge >= 0.3 is 0 Å². The molecular weight excluding hydrogens is 276 g/mol. The highest BCUT2D eigenvalue weighted by Gasteiger charge is 2.16. The Morgan fingerprint density at radius 3 is 2.27 bits per heavy atom. The van der Waals surface area contributed by atoms with Crippen molar-refractivity contribution < 1.29 is 9.53 Å². The van der Waals surface area contributed by atoms with Gasteiger partial charge in [0.2, 0.25) is 0 Å². The smallest absolute Gasteiger partial charge is 0.260 e. The monoisotopic (exact) mass is 306 g/mol. The number of nitrogens with one attached hydrogen (secondary N) is 2. The van der Waals surface area contributed by atoms with Gasteiger partial charge in [0.1, 0.15) is 5.75 Å². The summed E-state index contributed by atoms with van der Waals surface area (Å²) in [5.74, 6) is 0.625. The Hall–Kier alpha value is -1.55. The molecule has 0 saturated heterocycles. The van der Waals surface area contributed by atoms with Gasteiger partial charge < -0.3 is 15.4 Å². The number of amides is 1. The van der Waals surface area contributed by atoms with Crippen molar-refractivity contribution >= 4 is 5.91 Å². The van der Waals surface area contributed by atoms with Crippen molar-refractivity contribution in [3.05, 3.63) is 29.8 Å². The molecule has 0 saturated carbocycles. The molecule has 0 bridgehead atoms. The fourth-order valence-electron chi connectivity index (χ4n) is 2.11. The van der Waals surface area contributed by atoms with E-state index in [-0.39, 0.29) is 17.4 Å². The molecule has 124 valence electrons. The molecule has 0 aliphatic carbocycles. The van der Waals surface area contributed by atoms with Crippen molar-refractivity contribution in [3.8, 4) is 5.75 Å². The molecule has 1 aromatic rings. The van der Waals surface area contributed by atoms with Crippen molar-refractivity contribution in [2.75, 3.05) is 13.1 Å². The second kappa shape index (κ2) is 8.18. The first-order chi connectivity index (χ1) is 10.2. The van der Waals surface area contributed by atoms with Gasteiger partial charge in [0.25, 0.3) is 5.91 Å². The molecule has 4 heteroatoms. The van der Waals surface area contributed by atoms with Gasteiger partial charge in [0.15, 0.2) is 6.10 Å². The lowest BCUT2D eigenvalue weighted by Gasteiger charge is -2.20. The van der Waals surface area contributed by atoms with Crippen LogP contribution in [0.1, 0.15) is 47.1 Å². The van der Waals surface area contributed by atoms with Gasteiger partial charge in [-0.2, -0.15) is 0 Å². The van der Waals surface area contributed by atoms with Gasteiger partial charge in [-0.1, -0.05) is 39.8 Å². The predicted octanol–water partition coefficient (Wildman–Crippen LogP) is 2.87. The van der Waals surface area contributed by atoms with E-state index in [4.69, 9.17) is 4.74 Å². The molecule has 2 atom stereocenters. The zero-order valence-electron chi connectivity index (χ0n) is 14.7. The first-order valence-electron chi connectivity index (χ1n) is 8.02. The van der Waals surface area contributed by atoms with E-state index in [1.54, 1.807) is 6.92 Å². The molecule has 0 fully saturated rings. The molecule has 1 amide bonds. The summed E-state index contributed by atoms with van der Waals surface area (Å²) in [7, 11) is 0. The van der Waals surface area contributed by atoms with Crippen LogP contribution in [0, 0.1) is 0 Å².